The first-order valence-electron chi connectivity index (χ1n) is 12.5. The van der Waals surface area contributed by atoms with E-state index in [-0.39, 0.29) is 34.6 Å². The zero-order chi connectivity index (χ0) is 21.6. The summed E-state index contributed by atoms with van der Waals surface area (Å²) in [4.78, 5) is 33.1. The maximum atomic E-state index is 14.2. The fraction of sp³-hybridized carbons (Fsp3) is 0.880. The summed E-state index contributed by atoms with van der Waals surface area (Å²) in [7, 11) is 0. The van der Waals surface area contributed by atoms with Gasteiger partial charge in [-0.25, -0.2) is 6.57 Å². The third-order valence-corrected chi connectivity index (χ3v) is 9.96. The fourth-order valence-electron chi connectivity index (χ4n) is 8.86. The Morgan fingerprint density at radius 2 is 1.77 bits per heavy atom. The predicted molar refractivity (Wildman–Crippen MR) is 114 cm³/mol. The van der Waals surface area contributed by atoms with E-state index in [9.17, 15) is 14.7 Å². The van der Waals surface area contributed by atoms with Crippen molar-refractivity contribution in [3.8, 4) is 0 Å². The highest BCUT2D eigenvalue weighted by Gasteiger charge is 2.68. The van der Waals surface area contributed by atoms with Crippen LogP contribution in [-0.4, -0.2) is 45.7 Å². The van der Waals surface area contributed by atoms with Crippen LogP contribution in [0.3, 0.4) is 0 Å². The molecular formula is C25H35N3O3. The van der Waals surface area contributed by atoms with E-state index in [1.807, 2.05) is 4.90 Å². The van der Waals surface area contributed by atoms with E-state index in [1.54, 1.807) is 0 Å². The van der Waals surface area contributed by atoms with Crippen LogP contribution in [0.15, 0.2) is 0 Å². The second-order valence-corrected chi connectivity index (χ2v) is 12.4. The first kappa shape index (κ1) is 20.0. The lowest BCUT2D eigenvalue weighted by Gasteiger charge is -2.62. The van der Waals surface area contributed by atoms with Crippen molar-refractivity contribution in [2.75, 3.05) is 0 Å². The molecule has 0 spiro atoms. The molecule has 7 aliphatic rings. The highest BCUT2D eigenvalue weighted by atomic mass is 16.3. The van der Waals surface area contributed by atoms with E-state index in [0.29, 0.717) is 18.3 Å². The smallest absolute Gasteiger partial charge is 0.301 e. The van der Waals surface area contributed by atoms with Crippen molar-refractivity contribution in [3.05, 3.63) is 11.4 Å². The zero-order valence-electron chi connectivity index (χ0n) is 18.6. The number of carbonyl (C=O) groups is 2. The van der Waals surface area contributed by atoms with Crippen LogP contribution in [0.2, 0.25) is 0 Å². The molecule has 2 N–H and O–H groups in total. The van der Waals surface area contributed by atoms with E-state index in [0.717, 1.165) is 70.6 Å². The molecule has 31 heavy (non-hydrogen) atoms. The molecule has 7 fully saturated rings. The van der Waals surface area contributed by atoms with Gasteiger partial charge in [0.2, 0.25) is 5.91 Å². The molecule has 4 bridgehead atoms. The fourth-order valence-corrected chi connectivity index (χ4v) is 8.86. The lowest BCUT2D eigenvalue weighted by molar-refractivity contribution is -0.182. The molecule has 6 nitrogen and oxygen atoms in total. The molecule has 0 radical (unpaired) electrons. The van der Waals surface area contributed by atoms with Crippen molar-refractivity contribution >= 4 is 11.8 Å². The average Bonchev–Trinajstić information content (AvgIpc) is 3.07. The maximum Gasteiger partial charge on any atom is 0.301 e. The van der Waals surface area contributed by atoms with Crippen LogP contribution < -0.4 is 5.32 Å². The molecule has 1 saturated heterocycles. The normalized spacial score (nSPS) is 48.4. The summed E-state index contributed by atoms with van der Waals surface area (Å²) in [5.41, 5.74) is -0.964. The van der Waals surface area contributed by atoms with Gasteiger partial charge in [-0.05, 0) is 75.0 Å². The molecule has 6 atom stereocenters. The van der Waals surface area contributed by atoms with Crippen LogP contribution in [0.25, 0.3) is 4.85 Å². The monoisotopic (exact) mass is 425 g/mol. The SMILES string of the molecule is [C-]#[N+]C1CC2(C)CC2N1C(=O)C(NC(=O)C1CCCC1)C12CC3CC(CC(O)(C3)C1)C2. The van der Waals surface area contributed by atoms with Gasteiger partial charge < -0.3 is 10.4 Å². The Labute approximate surface area is 184 Å². The number of aliphatic hydroxyl groups is 1. The number of likely N-dealkylation sites (tertiary alicyclic amines) is 1. The number of hydrogen-bond acceptors (Lipinski definition) is 3. The van der Waals surface area contributed by atoms with Crippen molar-refractivity contribution in [2.45, 2.75) is 108 Å². The molecule has 0 aromatic rings. The van der Waals surface area contributed by atoms with Crippen molar-refractivity contribution in [1.29, 1.82) is 0 Å². The highest BCUT2D eigenvalue weighted by Crippen LogP contribution is 2.64. The minimum atomic E-state index is -0.682. The number of carbonyl (C=O) groups excluding carboxylic acids is 2. The van der Waals surface area contributed by atoms with Gasteiger partial charge in [-0.1, -0.05) is 19.8 Å². The maximum absolute atomic E-state index is 14.2. The standard InChI is InChI=1S/C25H35N3O3/c1-23-12-18(23)28(19(13-23)26-2)22(30)20(27-21(29)17-5-3-4-6-17)24-8-15-7-16(9-24)11-25(31,10-15)14-24/h15-20,31H,3-14H2,1H3,(H,27,29). The first-order valence-corrected chi connectivity index (χ1v) is 12.5. The molecule has 6 unspecified atom stereocenters. The van der Waals surface area contributed by atoms with Gasteiger partial charge in [-0.2, -0.15) is 0 Å². The van der Waals surface area contributed by atoms with E-state index in [4.69, 9.17) is 6.57 Å². The summed E-state index contributed by atoms with van der Waals surface area (Å²) < 4.78 is 0. The Morgan fingerprint density at radius 3 is 2.39 bits per heavy atom. The second kappa shape index (κ2) is 6.47. The van der Waals surface area contributed by atoms with Crippen molar-refractivity contribution < 1.29 is 14.7 Å². The van der Waals surface area contributed by atoms with Gasteiger partial charge in [-0.3, -0.25) is 19.3 Å². The van der Waals surface area contributed by atoms with E-state index in [2.05, 4.69) is 17.1 Å². The van der Waals surface area contributed by atoms with Gasteiger partial charge in [0.15, 0.2) is 0 Å². The van der Waals surface area contributed by atoms with Gasteiger partial charge >= 0.3 is 6.17 Å². The summed E-state index contributed by atoms with van der Waals surface area (Å²) in [6.45, 7) is 9.88. The van der Waals surface area contributed by atoms with Crippen LogP contribution in [0.4, 0.5) is 0 Å². The second-order valence-electron chi connectivity index (χ2n) is 12.4. The van der Waals surface area contributed by atoms with Crippen LogP contribution in [0.5, 0.6) is 0 Å². The zero-order valence-corrected chi connectivity index (χ0v) is 18.6. The molecule has 168 valence electrons. The third-order valence-electron chi connectivity index (χ3n) is 9.96. The van der Waals surface area contributed by atoms with Gasteiger partial charge in [0.05, 0.1) is 12.0 Å². The molecule has 7 rings (SSSR count). The van der Waals surface area contributed by atoms with Gasteiger partial charge in [0.25, 0.3) is 5.91 Å². The van der Waals surface area contributed by atoms with Crippen LogP contribution in [-0.2, 0) is 9.59 Å². The number of nitrogens with one attached hydrogen (secondary N) is 1. The molecule has 6 aliphatic carbocycles. The minimum absolute atomic E-state index is 0.00808. The van der Waals surface area contributed by atoms with Gasteiger partial charge in [0, 0.05) is 17.4 Å². The van der Waals surface area contributed by atoms with E-state index >= 15 is 0 Å². The van der Waals surface area contributed by atoms with Crippen molar-refractivity contribution in [2.24, 2.45) is 28.6 Å². The Kier molecular flexibility index (Phi) is 4.18. The average molecular weight is 426 g/mol. The topological polar surface area (TPSA) is 74.0 Å². The number of piperidine rings is 1. The van der Waals surface area contributed by atoms with Crippen molar-refractivity contribution in [3.63, 3.8) is 0 Å². The quantitative estimate of drug-likeness (QED) is 0.679. The summed E-state index contributed by atoms with van der Waals surface area (Å²) in [5.74, 6) is 0.895. The minimum Gasteiger partial charge on any atom is -0.390 e. The summed E-state index contributed by atoms with van der Waals surface area (Å²) >= 11 is 0. The largest absolute Gasteiger partial charge is 0.390 e. The lowest BCUT2D eigenvalue weighted by Crippen LogP contribution is -2.66. The van der Waals surface area contributed by atoms with Gasteiger partial charge in [0.1, 0.15) is 6.04 Å². The molecule has 6 heteroatoms. The van der Waals surface area contributed by atoms with Crippen LogP contribution >= 0.6 is 0 Å². The number of hydrogen-bond donors (Lipinski definition) is 2. The molecule has 0 aromatic heterocycles. The number of rotatable bonds is 4. The van der Waals surface area contributed by atoms with Crippen LogP contribution in [0.1, 0.15) is 84.0 Å². The van der Waals surface area contributed by atoms with E-state index < -0.39 is 17.8 Å². The molecule has 1 aliphatic heterocycles. The molecule has 2 amide bonds. The Morgan fingerprint density at radius 1 is 1.10 bits per heavy atom. The summed E-state index contributed by atoms with van der Waals surface area (Å²) in [5, 5.41) is 14.6. The molecular weight excluding hydrogens is 390 g/mol. The Balaban J connectivity index is 1.34. The highest BCUT2D eigenvalue weighted by molar-refractivity contribution is 5.90. The predicted octanol–water partition coefficient (Wildman–Crippen LogP) is 3.25. The lowest BCUT2D eigenvalue weighted by atomic mass is 9.46. The molecule has 1 heterocycles. The van der Waals surface area contributed by atoms with Crippen molar-refractivity contribution in [1.82, 2.24) is 10.2 Å². The summed E-state index contributed by atoms with van der Waals surface area (Å²) in [6.07, 6.45) is 10.6. The number of nitrogens with zero attached hydrogens (tertiary/aromatic N) is 2. The molecule has 6 saturated carbocycles. The third kappa shape index (κ3) is 2.98. The Bertz CT molecular complexity index is 845. The number of fused-ring (bicyclic) bond motifs is 1. The molecule has 0 aromatic carbocycles. The Hall–Kier alpha value is -1.61. The van der Waals surface area contributed by atoms with Crippen LogP contribution in [0, 0.1) is 35.2 Å². The number of amides is 2. The summed E-state index contributed by atoms with van der Waals surface area (Å²) in [6, 6.07) is -0.452. The van der Waals surface area contributed by atoms with E-state index in [1.165, 1.54) is 0 Å². The first-order chi connectivity index (χ1) is 14.7. The van der Waals surface area contributed by atoms with Gasteiger partial charge in [-0.15, -0.1) is 0 Å².